The third-order valence-corrected chi connectivity index (χ3v) is 2.77. The summed E-state index contributed by atoms with van der Waals surface area (Å²) in [5.41, 5.74) is 4.72. The van der Waals surface area contributed by atoms with Crippen LogP contribution in [0.2, 0.25) is 0 Å². The van der Waals surface area contributed by atoms with Crippen molar-refractivity contribution in [2.24, 2.45) is 0 Å². The summed E-state index contributed by atoms with van der Waals surface area (Å²) in [7, 11) is 0. The van der Waals surface area contributed by atoms with Crippen LogP contribution in [-0.4, -0.2) is 9.55 Å². The minimum atomic E-state index is 0.751. The Morgan fingerprint density at radius 2 is 1.93 bits per heavy atom. The smallest absolute Gasteiger partial charge is 0.181 e. The molecule has 0 radical (unpaired) electrons. The van der Waals surface area contributed by atoms with E-state index in [1.807, 2.05) is 17.7 Å². The molecule has 2 aromatic rings. The largest absolute Gasteiger partial charge is 0.335 e. The van der Waals surface area contributed by atoms with Crippen molar-refractivity contribution in [2.75, 3.05) is 0 Å². The molecule has 1 aromatic carbocycles. The number of aromatic nitrogens is 2. The third-order valence-electron chi connectivity index (χ3n) is 2.47. The fraction of sp³-hybridized carbons (Fsp3) is 0.250. The zero-order valence-corrected chi connectivity index (χ0v) is 9.98. The average molecular weight is 218 g/mol. The molecule has 0 atom stereocenters. The van der Waals surface area contributed by atoms with E-state index in [-0.39, 0.29) is 0 Å². The van der Waals surface area contributed by atoms with Gasteiger partial charge in [-0.15, -0.1) is 0 Å². The third kappa shape index (κ3) is 1.88. The van der Waals surface area contributed by atoms with Gasteiger partial charge in [-0.25, -0.2) is 0 Å². The van der Waals surface area contributed by atoms with Gasteiger partial charge in [0.15, 0.2) is 4.77 Å². The number of nitrogens with one attached hydrogen (secondary N) is 1. The maximum atomic E-state index is 5.27. The molecule has 0 spiro atoms. The number of imidazole rings is 1. The van der Waals surface area contributed by atoms with Crippen LogP contribution in [0.5, 0.6) is 0 Å². The Bertz CT molecular complexity index is 549. The molecule has 0 aliphatic rings. The molecule has 0 aliphatic carbocycles. The number of nitrogens with zero attached hydrogens (tertiary/aromatic N) is 1. The number of hydrogen-bond donors (Lipinski definition) is 1. The summed E-state index contributed by atoms with van der Waals surface area (Å²) in [4.78, 5) is 3.13. The van der Waals surface area contributed by atoms with Crippen molar-refractivity contribution in [3.63, 3.8) is 0 Å². The Balaban J connectivity index is 2.68. The Morgan fingerprint density at radius 1 is 1.20 bits per heavy atom. The van der Waals surface area contributed by atoms with Gasteiger partial charge in [0.1, 0.15) is 0 Å². The monoisotopic (exact) mass is 218 g/mol. The average Bonchev–Trinajstić information content (AvgIpc) is 2.50. The van der Waals surface area contributed by atoms with Crippen molar-refractivity contribution in [3.8, 4) is 5.69 Å². The van der Waals surface area contributed by atoms with E-state index in [2.05, 4.69) is 37.0 Å². The summed E-state index contributed by atoms with van der Waals surface area (Å²) in [6, 6.07) is 6.38. The van der Waals surface area contributed by atoms with Crippen molar-refractivity contribution in [2.45, 2.75) is 20.8 Å². The first-order valence-corrected chi connectivity index (χ1v) is 5.34. The number of aryl methyl sites for hydroxylation is 3. The van der Waals surface area contributed by atoms with Gasteiger partial charge in [0, 0.05) is 11.9 Å². The van der Waals surface area contributed by atoms with Crippen LogP contribution in [0.25, 0.3) is 5.69 Å². The number of benzene rings is 1. The second-order valence-corrected chi connectivity index (χ2v) is 4.29. The number of H-pyrrole nitrogens is 1. The van der Waals surface area contributed by atoms with E-state index in [9.17, 15) is 0 Å². The van der Waals surface area contributed by atoms with Gasteiger partial charge in [-0.3, -0.25) is 4.57 Å². The molecule has 0 aliphatic heterocycles. The van der Waals surface area contributed by atoms with Gasteiger partial charge < -0.3 is 4.98 Å². The summed E-state index contributed by atoms with van der Waals surface area (Å²) in [6.07, 6.45) is 2.03. The SMILES string of the molecule is Cc1ccc(C)c(-n2cc(C)[nH]c2=S)c1. The van der Waals surface area contributed by atoms with Gasteiger partial charge in [-0.1, -0.05) is 12.1 Å². The summed E-state index contributed by atoms with van der Waals surface area (Å²) < 4.78 is 2.77. The molecule has 0 bridgehead atoms. The molecule has 2 rings (SSSR count). The number of rotatable bonds is 1. The van der Waals surface area contributed by atoms with Crippen molar-refractivity contribution in [1.82, 2.24) is 9.55 Å². The van der Waals surface area contributed by atoms with Crippen LogP contribution in [-0.2, 0) is 0 Å². The standard InChI is InChI=1S/C12H14N2S/c1-8-4-5-9(2)11(6-8)14-7-10(3)13-12(14)15/h4-7H,1-3H3,(H,13,15). The lowest BCUT2D eigenvalue weighted by Gasteiger charge is -2.07. The highest BCUT2D eigenvalue weighted by Gasteiger charge is 2.03. The van der Waals surface area contributed by atoms with Crippen molar-refractivity contribution < 1.29 is 0 Å². The van der Waals surface area contributed by atoms with Gasteiger partial charge in [-0.2, -0.15) is 0 Å². The highest BCUT2D eigenvalue weighted by atomic mass is 32.1. The number of aromatic amines is 1. The van der Waals surface area contributed by atoms with Crippen molar-refractivity contribution in [3.05, 3.63) is 46.0 Å². The molecule has 0 amide bonds. The maximum Gasteiger partial charge on any atom is 0.181 e. The van der Waals surface area contributed by atoms with E-state index in [0.717, 1.165) is 16.2 Å². The minimum absolute atomic E-state index is 0.751. The number of hydrogen-bond acceptors (Lipinski definition) is 1. The van der Waals surface area contributed by atoms with Crippen LogP contribution in [0.3, 0.4) is 0 Å². The van der Waals surface area contributed by atoms with Crippen LogP contribution >= 0.6 is 12.2 Å². The highest BCUT2D eigenvalue weighted by Crippen LogP contribution is 2.16. The summed E-state index contributed by atoms with van der Waals surface area (Å²) >= 11 is 5.27. The zero-order chi connectivity index (χ0) is 11.0. The van der Waals surface area contributed by atoms with Crippen LogP contribution in [0.4, 0.5) is 0 Å². The summed E-state index contributed by atoms with van der Waals surface area (Å²) in [5.74, 6) is 0. The highest BCUT2D eigenvalue weighted by molar-refractivity contribution is 7.71. The summed E-state index contributed by atoms with van der Waals surface area (Å²) in [6.45, 7) is 6.20. The van der Waals surface area contributed by atoms with Gasteiger partial charge in [0.25, 0.3) is 0 Å². The molecule has 0 fully saturated rings. The minimum Gasteiger partial charge on any atom is -0.335 e. The van der Waals surface area contributed by atoms with Gasteiger partial charge >= 0.3 is 0 Å². The molecule has 0 saturated heterocycles. The molecule has 0 saturated carbocycles. The molecular formula is C12H14N2S. The molecule has 2 nitrogen and oxygen atoms in total. The van der Waals surface area contributed by atoms with E-state index in [1.54, 1.807) is 0 Å². The molecule has 1 heterocycles. The first kappa shape index (κ1) is 10.2. The first-order chi connectivity index (χ1) is 7.08. The predicted molar refractivity (Wildman–Crippen MR) is 65.2 cm³/mol. The van der Waals surface area contributed by atoms with Gasteiger partial charge in [0.05, 0.1) is 5.69 Å². The Morgan fingerprint density at radius 3 is 2.53 bits per heavy atom. The van der Waals surface area contributed by atoms with Crippen LogP contribution in [0, 0.1) is 25.5 Å². The predicted octanol–water partition coefficient (Wildman–Crippen LogP) is 3.46. The first-order valence-electron chi connectivity index (χ1n) is 4.94. The molecule has 78 valence electrons. The summed E-state index contributed by atoms with van der Waals surface area (Å²) in [5, 5.41) is 0. The Labute approximate surface area is 94.6 Å². The lowest BCUT2D eigenvalue weighted by Crippen LogP contribution is -1.96. The van der Waals surface area contributed by atoms with E-state index in [0.29, 0.717) is 0 Å². The fourth-order valence-electron chi connectivity index (χ4n) is 1.67. The quantitative estimate of drug-likeness (QED) is 0.727. The lowest BCUT2D eigenvalue weighted by atomic mass is 10.1. The Hall–Kier alpha value is -1.35. The molecule has 3 heteroatoms. The van der Waals surface area contributed by atoms with Crippen molar-refractivity contribution in [1.29, 1.82) is 0 Å². The second kappa shape index (κ2) is 3.66. The van der Waals surface area contributed by atoms with Crippen LogP contribution in [0.15, 0.2) is 24.4 Å². The second-order valence-electron chi connectivity index (χ2n) is 3.90. The molecule has 15 heavy (non-hydrogen) atoms. The molecule has 1 N–H and O–H groups in total. The Kier molecular flexibility index (Phi) is 2.49. The maximum absolute atomic E-state index is 5.27. The molecule has 1 aromatic heterocycles. The van der Waals surface area contributed by atoms with Crippen molar-refractivity contribution >= 4 is 12.2 Å². The van der Waals surface area contributed by atoms with Gasteiger partial charge in [0.2, 0.25) is 0 Å². The van der Waals surface area contributed by atoms with Gasteiger partial charge in [-0.05, 0) is 50.2 Å². The fourth-order valence-corrected chi connectivity index (χ4v) is 1.98. The van der Waals surface area contributed by atoms with Crippen LogP contribution in [0.1, 0.15) is 16.8 Å². The van der Waals surface area contributed by atoms with E-state index in [4.69, 9.17) is 12.2 Å². The van der Waals surface area contributed by atoms with Crippen LogP contribution < -0.4 is 0 Å². The van der Waals surface area contributed by atoms with E-state index in [1.165, 1.54) is 11.1 Å². The molecular weight excluding hydrogens is 204 g/mol. The normalized spacial score (nSPS) is 10.6. The van der Waals surface area contributed by atoms with E-state index < -0.39 is 0 Å². The lowest BCUT2D eigenvalue weighted by molar-refractivity contribution is 1.01. The van der Waals surface area contributed by atoms with E-state index >= 15 is 0 Å². The zero-order valence-electron chi connectivity index (χ0n) is 9.16. The topological polar surface area (TPSA) is 20.7 Å². The molecule has 0 unspecified atom stereocenters.